The van der Waals surface area contributed by atoms with E-state index in [1.54, 1.807) is 0 Å². The zero-order valence-electron chi connectivity index (χ0n) is 16.3. The smallest absolute Gasteiger partial charge is 0.326 e. The molecule has 0 spiro atoms. The Bertz CT molecular complexity index is 881. The van der Waals surface area contributed by atoms with E-state index in [2.05, 4.69) is 17.6 Å². The van der Waals surface area contributed by atoms with E-state index in [9.17, 15) is 18.8 Å². The van der Waals surface area contributed by atoms with Gasteiger partial charge in [-0.3, -0.25) is 9.59 Å². The third-order valence-electron chi connectivity index (χ3n) is 4.80. The number of benzene rings is 2. The highest BCUT2D eigenvalue weighted by Gasteiger charge is 2.40. The SMILES string of the molecule is CCCCCc1ccc(NC(=O)C[C@@H]2NC(=O)N(c3ccc(F)cc3)C2=O)cc1. The van der Waals surface area contributed by atoms with E-state index in [1.165, 1.54) is 42.7 Å². The Balaban J connectivity index is 1.56. The van der Waals surface area contributed by atoms with Crippen LogP contribution in [0.1, 0.15) is 38.2 Å². The molecule has 2 aromatic carbocycles. The van der Waals surface area contributed by atoms with Crippen LogP contribution in [-0.4, -0.2) is 23.9 Å². The monoisotopic (exact) mass is 397 g/mol. The lowest BCUT2D eigenvalue weighted by Crippen LogP contribution is -2.34. The van der Waals surface area contributed by atoms with E-state index < -0.39 is 23.8 Å². The topological polar surface area (TPSA) is 78.5 Å². The number of aryl methyl sites for hydroxylation is 1. The maximum Gasteiger partial charge on any atom is 0.329 e. The molecule has 2 N–H and O–H groups in total. The Kier molecular flexibility index (Phi) is 6.59. The average Bonchev–Trinajstić information content (AvgIpc) is 2.97. The largest absolute Gasteiger partial charge is 0.329 e. The van der Waals surface area contributed by atoms with Crippen molar-refractivity contribution in [3.8, 4) is 0 Å². The lowest BCUT2D eigenvalue weighted by molar-refractivity contribution is -0.122. The molecule has 4 amide bonds. The lowest BCUT2D eigenvalue weighted by Gasteiger charge is -2.13. The summed E-state index contributed by atoms with van der Waals surface area (Å²) < 4.78 is 13.1. The van der Waals surface area contributed by atoms with Crippen LogP contribution >= 0.6 is 0 Å². The Morgan fingerprint density at radius 2 is 1.76 bits per heavy atom. The molecule has 1 fully saturated rings. The molecule has 0 bridgehead atoms. The summed E-state index contributed by atoms with van der Waals surface area (Å²) in [6.45, 7) is 2.16. The molecule has 7 heteroatoms. The van der Waals surface area contributed by atoms with Gasteiger partial charge in [0.1, 0.15) is 11.9 Å². The second kappa shape index (κ2) is 9.32. The number of imide groups is 1. The highest BCUT2D eigenvalue weighted by Crippen LogP contribution is 2.21. The van der Waals surface area contributed by atoms with Gasteiger partial charge >= 0.3 is 6.03 Å². The van der Waals surface area contributed by atoms with Gasteiger partial charge in [-0.15, -0.1) is 0 Å². The van der Waals surface area contributed by atoms with E-state index in [1.807, 2.05) is 24.3 Å². The minimum atomic E-state index is -0.958. The van der Waals surface area contributed by atoms with Crippen LogP contribution in [0.25, 0.3) is 0 Å². The first-order valence-corrected chi connectivity index (χ1v) is 9.76. The number of unbranched alkanes of at least 4 members (excludes halogenated alkanes) is 2. The molecule has 3 rings (SSSR count). The highest BCUT2D eigenvalue weighted by atomic mass is 19.1. The Labute approximate surface area is 169 Å². The Morgan fingerprint density at radius 1 is 1.07 bits per heavy atom. The molecule has 0 unspecified atom stereocenters. The van der Waals surface area contributed by atoms with Crippen molar-refractivity contribution < 1.29 is 18.8 Å². The number of rotatable bonds is 8. The van der Waals surface area contributed by atoms with Crippen molar-refractivity contribution in [2.45, 2.75) is 45.1 Å². The van der Waals surface area contributed by atoms with Gasteiger partial charge in [0.25, 0.3) is 5.91 Å². The Hall–Kier alpha value is -3.22. The molecule has 0 aliphatic carbocycles. The molecule has 29 heavy (non-hydrogen) atoms. The van der Waals surface area contributed by atoms with Crippen LogP contribution in [0.2, 0.25) is 0 Å². The molecule has 0 saturated carbocycles. The predicted molar refractivity (Wildman–Crippen MR) is 109 cm³/mol. The van der Waals surface area contributed by atoms with Crippen molar-refractivity contribution in [1.82, 2.24) is 5.32 Å². The predicted octanol–water partition coefficient (Wildman–Crippen LogP) is 4.01. The summed E-state index contributed by atoms with van der Waals surface area (Å²) in [5, 5.41) is 5.25. The minimum absolute atomic E-state index is 0.180. The summed E-state index contributed by atoms with van der Waals surface area (Å²) in [7, 11) is 0. The molecule has 1 aliphatic rings. The van der Waals surface area contributed by atoms with Crippen molar-refractivity contribution in [2.24, 2.45) is 0 Å². The second-order valence-corrected chi connectivity index (χ2v) is 7.06. The van der Waals surface area contributed by atoms with Gasteiger partial charge < -0.3 is 10.6 Å². The van der Waals surface area contributed by atoms with Gasteiger partial charge in [0, 0.05) is 5.69 Å². The maximum atomic E-state index is 13.1. The van der Waals surface area contributed by atoms with Crippen molar-refractivity contribution >= 4 is 29.2 Å². The van der Waals surface area contributed by atoms with Crippen LogP contribution in [-0.2, 0) is 16.0 Å². The third kappa shape index (κ3) is 5.19. The molecular weight excluding hydrogens is 373 g/mol. The highest BCUT2D eigenvalue weighted by molar-refractivity contribution is 6.22. The molecule has 6 nitrogen and oxygen atoms in total. The fourth-order valence-electron chi connectivity index (χ4n) is 3.24. The third-order valence-corrected chi connectivity index (χ3v) is 4.80. The van der Waals surface area contributed by atoms with E-state index >= 15 is 0 Å². The zero-order valence-corrected chi connectivity index (χ0v) is 16.3. The van der Waals surface area contributed by atoms with Gasteiger partial charge in [-0.1, -0.05) is 31.9 Å². The normalized spacial score (nSPS) is 16.1. The molecule has 1 atom stereocenters. The van der Waals surface area contributed by atoms with Crippen LogP contribution in [0.5, 0.6) is 0 Å². The summed E-state index contributed by atoms with van der Waals surface area (Å²) >= 11 is 0. The van der Waals surface area contributed by atoms with Gasteiger partial charge in [0.05, 0.1) is 12.1 Å². The number of nitrogens with one attached hydrogen (secondary N) is 2. The van der Waals surface area contributed by atoms with E-state index in [4.69, 9.17) is 0 Å². The van der Waals surface area contributed by atoms with Crippen molar-refractivity contribution in [1.29, 1.82) is 0 Å². The number of hydrogen-bond acceptors (Lipinski definition) is 3. The van der Waals surface area contributed by atoms with E-state index in [-0.39, 0.29) is 18.0 Å². The molecule has 152 valence electrons. The van der Waals surface area contributed by atoms with Crippen molar-refractivity contribution in [3.63, 3.8) is 0 Å². The van der Waals surface area contributed by atoms with Crippen LogP contribution in [0.4, 0.5) is 20.6 Å². The van der Waals surface area contributed by atoms with Gasteiger partial charge in [-0.25, -0.2) is 14.1 Å². The van der Waals surface area contributed by atoms with E-state index in [0.29, 0.717) is 5.69 Å². The van der Waals surface area contributed by atoms with Gasteiger partial charge in [0.15, 0.2) is 0 Å². The van der Waals surface area contributed by atoms with Gasteiger partial charge in [-0.2, -0.15) is 0 Å². The molecule has 2 aromatic rings. The second-order valence-electron chi connectivity index (χ2n) is 7.06. The lowest BCUT2D eigenvalue weighted by atomic mass is 10.1. The molecule has 1 aliphatic heterocycles. The van der Waals surface area contributed by atoms with Crippen LogP contribution in [0.15, 0.2) is 48.5 Å². The summed E-state index contributed by atoms with van der Waals surface area (Å²) in [6, 6.07) is 11.1. The first-order chi connectivity index (χ1) is 14.0. The number of halogens is 1. The summed E-state index contributed by atoms with van der Waals surface area (Å²) in [4.78, 5) is 37.9. The maximum absolute atomic E-state index is 13.1. The first kappa shape index (κ1) is 20.5. The number of hydrogen-bond donors (Lipinski definition) is 2. The Morgan fingerprint density at radius 3 is 2.41 bits per heavy atom. The number of anilines is 2. The molecule has 0 aromatic heterocycles. The summed E-state index contributed by atoms with van der Waals surface area (Å²) in [6.07, 6.45) is 4.32. The van der Waals surface area contributed by atoms with Crippen molar-refractivity contribution in [2.75, 3.05) is 10.2 Å². The first-order valence-electron chi connectivity index (χ1n) is 9.76. The molecule has 1 heterocycles. The molecule has 1 saturated heterocycles. The van der Waals surface area contributed by atoms with Gasteiger partial charge in [0.2, 0.25) is 5.91 Å². The van der Waals surface area contributed by atoms with E-state index in [0.717, 1.165) is 17.7 Å². The number of carbonyl (C=O) groups excluding carboxylic acids is 3. The van der Waals surface area contributed by atoms with Crippen LogP contribution in [0.3, 0.4) is 0 Å². The molecular formula is C22H24FN3O3. The van der Waals surface area contributed by atoms with Crippen molar-refractivity contribution in [3.05, 3.63) is 59.9 Å². The fraction of sp³-hybridized carbons (Fsp3) is 0.318. The minimum Gasteiger partial charge on any atom is -0.326 e. The quantitative estimate of drug-likeness (QED) is 0.522. The summed E-state index contributed by atoms with van der Waals surface area (Å²) in [5.41, 5.74) is 2.11. The van der Waals surface area contributed by atoms with Gasteiger partial charge in [-0.05, 0) is 54.8 Å². The van der Waals surface area contributed by atoms with Crippen LogP contribution in [0, 0.1) is 5.82 Å². The number of amides is 4. The number of nitrogens with zero attached hydrogens (tertiary/aromatic N) is 1. The number of carbonyl (C=O) groups is 3. The molecule has 0 radical (unpaired) electrons. The average molecular weight is 397 g/mol. The fourth-order valence-corrected chi connectivity index (χ4v) is 3.24. The standard InChI is InChI=1S/C22H24FN3O3/c1-2-3-4-5-15-6-10-17(11-7-15)24-20(27)14-19-21(28)26(22(29)25-19)18-12-8-16(23)9-13-18/h6-13,19H,2-5,14H2,1H3,(H,24,27)(H,25,29)/t19-/m0/s1. The summed E-state index contributed by atoms with van der Waals surface area (Å²) in [5.74, 6) is -1.38. The zero-order chi connectivity index (χ0) is 20.8. The van der Waals surface area contributed by atoms with Crippen LogP contribution < -0.4 is 15.5 Å². The number of urea groups is 1.